The molecule has 2 nitrogen and oxygen atoms in total. The standard InChI is InChI=1S/C11H24N2.ClH/c1-9(12)8-13-7-5-6-10(13)11(2,3)4;/h9-10H,5-8,12H2,1-4H3;1H. The molecular formula is C11H25ClN2. The molecule has 1 aliphatic heterocycles. The summed E-state index contributed by atoms with van der Waals surface area (Å²) < 4.78 is 0. The Morgan fingerprint density at radius 3 is 2.43 bits per heavy atom. The fraction of sp³-hybridized carbons (Fsp3) is 1.00. The number of nitrogens with two attached hydrogens (primary N) is 1. The van der Waals surface area contributed by atoms with E-state index in [2.05, 4.69) is 32.6 Å². The lowest BCUT2D eigenvalue weighted by atomic mass is 9.85. The molecule has 0 aliphatic carbocycles. The third-order valence-electron chi connectivity index (χ3n) is 2.89. The number of hydrogen-bond acceptors (Lipinski definition) is 2. The Morgan fingerprint density at radius 2 is 2.00 bits per heavy atom. The Kier molecular flexibility index (Phi) is 5.42. The second-order valence-corrected chi connectivity index (χ2v) is 5.50. The van der Waals surface area contributed by atoms with Gasteiger partial charge < -0.3 is 5.73 Å². The quantitative estimate of drug-likeness (QED) is 0.774. The van der Waals surface area contributed by atoms with Crippen LogP contribution in [0, 0.1) is 5.41 Å². The maximum absolute atomic E-state index is 5.84. The minimum atomic E-state index is 0. The smallest absolute Gasteiger partial charge is 0.0145 e. The SMILES string of the molecule is CC(N)CN1CCCC1C(C)(C)C.Cl. The molecule has 3 heteroatoms. The van der Waals surface area contributed by atoms with Gasteiger partial charge in [0.1, 0.15) is 0 Å². The van der Waals surface area contributed by atoms with E-state index in [1.807, 2.05) is 0 Å². The van der Waals surface area contributed by atoms with Crippen molar-refractivity contribution < 1.29 is 0 Å². The predicted molar refractivity (Wildman–Crippen MR) is 64.9 cm³/mol. The highest BCUT2D eigenvalue weighted by Gasteiger charge is 2.33. The summed E-state index contributed by atoms with van der Waals surface area (Å²) in [4.78, 5) is 2.56. The van der Waals surface area contributed by atoms with Gasteiger partial charge in [0, 0.05) is 18.6 Å². The largest absolute Gasteiger partial charge is 0.327 e. The summed E-state index contributed by atoms with van der Waals surface area (Å²) in [6.07, 6.45) is 2.69. The van der Waals surface area contributed by atoms with E-state index in [9.17, 15) is 0 Å². The maximum Gasteiger partial charge on any atom is 0.0145 e. The minimum absolute atomic E-state index is 0. The molecule has 0 aromatic rings. The van der Waals surface area contributed by atoms with Gasteiger partial charge >= 0.3 is 0 Å². The van der Waals surface area contributed by atoms with Crippen LogP contribution >= 0.6 is 12.4 Å². The molecule has 1 aliphatic rings. The Hall–Kier alpha value is 0.210. The van der Waals surface area contributed by atoms with Crippen LogP contribution in [-0.4, -0.2) is 30.1 Å². The van der Waals surface area contributed by atoms with Gasteiger partial charge in [-0.25, -0.2) is 0 Å². The molecule has 1 heterocycles. The highest BCUT2D eigenvalue weighted by molar-refractivity contribution is 5.85. The molecule has 14 heavy (non-hydrogen) atoms. The van der Waals surface area contributed by atoms with E-state index in [4.69, 9.17) is 5.73 Å². The second-order valence-electron chi connectivity index (χ2n) is 5.50. The molecular weight excluding hydrogens is 196 g/mol. The molecule has 2 N–H and O–H groups in total. The van der Waals surface area contributed by atoms with Crippen LogP contribution in [0.2, 0.25) is 0 Å². The van der Waals surface area contributed by atoms with Gasteiger partial charge in [-0.2, -0.15) is 0 Å². The van der Waals surface area contributed by atoms with Crippen LogP contribution in [0.4, 0.5) is 0 Å². The zero-order chi connectivity index (χ0) is 10.1. The summed E-state index contributed by atoms with van der Waals surface area (Å²) in [6.45, 7) is 11.4. The van der Waals surface area contributed by atoms with Crippen LogP contribution in [0.15, 0.2) is 0 Å². The topological polar surface area (TPSA) is 29.3 Å². The van der Waals surface area contributed by atoms with Crippen LogP contribution in [0.5, 0.6) is 0 Å². The normalized spacial score (nSPS) is 25.9. The number of hydrogen-bond donors (Lipinski definition) is 1. The highest BCUT2D eigenvalue weighted by Crippen LogP contribution is 2.32. The summed E-state index contributed by atoms with van der Waals surface area (Å²) in [7, 11) is 0. The molecule has 0 amide bonds. The van der Waals surface area contributed by atoms with E-state index in [1.165, 1.54) is 19.4 Å². The van der Waals surface area contributed by atoms with Crippen molar-refractivity contribution in [1.29, 1.82) is 0 Å². The van der Waals surface area contributed by atoms with E-state index < -0.39 is 0 Å². The van der Waals surface area contributed by atoms with Crippen LogP contribution in [0.3, 0.4) is 0 Å². The first-order valence-corrected chi connectivity index (χ1v) is 5.41. The first-order valence-electron chi connectivity index (χ1n) is 5.41. The zero-order valence-corrected chi connectivity index (χ0v) is 10.7. The summed E-state index contributed by atoms with van der Waals surface area (Å²) in [5.41, 5.74) is 6.24. The molecule has 0 aromatic heterocycles. The maximum atomic E-state index is 5.84. The van der Waals surface area contributed by atoms with Crippen molar-refractivity contribution in [3.05, 3.63) is 0 Å². The van der Waals surface area contributed by atoms with E-state index in [0.29, 0.717) is 11.5 Å². The Morgan fingerprint density at radius 1 is 1.43 bits per heavy atom. The summed E-state index contributed by atoms with van der Waals surface area (Å²) in [5.74, 6) is 0. The van der Waals surface area contributed by atoms with Gasteiger partial charge in [0.05, 0.1) is 0 Å². The van der Waals surface area contributed by atoms with Crippen molar-refractivity contribution in [3.8, 4) is 0 Å². The van der Waals surface area contributed by atoms with Crippen molar-refractivity contribution >= 4 is 12.4 Å². The van der Waals surface area contributed by atoms with Gasteiger partial charge in [-0.1, -0.05) is 20.8 Å². The van der Waals surface area contributed by atoms with Crippen LogP contribution in [0.1, 0.15) is 40.5 Å². The Bertz CT molecular complexity index is 163. The zero-order valence-electron chi connectivity index (χ0n) is 9.92. The Balaban J connectivity index is 0.00000169. The molecule has 0 saturated carbocycles. The monoisotopic (exact) mass is 220 g/mol. The van der Waals surface area contributed by atoms with E-state index in [1.54, 1.807) is 0 Å². The molecule has 1 rings (SSSR count). The van der Waals surface area contributed by atoms with Gasteiger partial charge in [0.25, 0.3) is 0 Å². The van der Waals surface area contributed by atoms with Gasteiger partial charge in [-0.05, 0) is 31.7 Å². The second kappa shape index (κ2) is 5.34. The third-order valence-corrected chi connectivity index (χ3v) is 2.89. The summed E-state index contributed by atoms with van der Waals surface area (Å²) in [5, 5.41) is 0. The summed E-state index contributed by atoms with van der Waals surface area (Å²) in [6, 6.07) is 1.04. The average Bonchev–Trinajstić information content (AvgIpc) is 2.31. The molecule has 2 unspecified atom stereocenters. The first kappa shape index (κ1) is 14.2. The van der Waals surface area contributed by atoms with E-state index >= 15 is 0 Å². The van der Waals surface area contributed by atoms with Crippen LogP contribution in [0.25, 0.3) is 0 Å². The van der Waals surface area contributed by atoms with Crippen molar-refractivity contribution in [2.24, 2.45) is 11.1 Å². The predicted octanol–water partition coefficient (Wildman–Crippen LogP) is 2.27. The lowest BCUT2D eigenvalue weighted by molar-refractivity contribution is 0.136. The molecule has 0 radical (unpaired) electrons. The fourth-order valence-corrected chi connectivity index (χ4v) is 2.40. The molecule has 0 spiro atoms. The number of nitrogens with zero attached hydrogens (tertiary/aromatic N) is 1. The van der Waals surface area contributed by atoms with Crippen LogP contribution < -0.4 is 5.73 Å². The van der Waals surface area contributed by atoms with Crippen molar-refractivity contribution in [2.45, 2.75) is 52.6 Å². The number of rotatable bonds is 2. The van der Waals surface area contributed by atoms with E-state index in [0.717, 1.165) is 12.6 Å². The van der Waals surface area contributed by atoms with Crippen molar-refractivity contribution in [3.63, 3.8) is 0 Å². The minimum Gasteiger partial charge on any atom is -0.327 e. The molecule has 2 atom stereocenters. The highest BCUT2D eigenvalue weighted by atomic mass is 35.5. The van der Waals surface area contributed by atoms with Gasteiger partial charge in [0.15, 0.2) is 0 Å². The third kappa shape index (κ3) is 3.76. The number of likely N-dealkylation sites (tertiary alicyclic amines) is 1. The van der Waals surface area contributed by atoms with Crippen molar-refractivity contribution in [1.82, 2.24) is 4.90 Å². The molecule has 1 saturated heterocycles. The lowest BCUT2D eigenvalue weighted by Crippen LogP contribution is -2.44. The number of halogens is 1. The first-order chi connectivity index (χ1) is 5.91. The molecule has 0 aromatic carbocycles. The Labute approximate surface area is 94.6 Å². The fourth-order valence-electron chi connectivity index (χ4n) is 2.40. The van der Waals surface area contributed by atoms with Crippen molar-refractivity contribution in [2.75, 3.05) is 13.1 Å². The van der Waals surface area contributed by atoms with Crippen LogP contribution in [-0.2, 0) is 0 Å². The molecule has 0 bridgehead atoms. The molecule has 1 fully saturated rings. The lowest BCUT2D eigenvalue weighted by Gasteiger charge is -2.35. The van der Waals surface area contributed by atoms with Gasteiger partial charge in [-0.15, -0.1) is 12.4 Å². The summed E-state index contributed by atoms with van der Waals surface area (Å²) >= 11 is 0. The van der Waals surface area contributed by atoms with Gasteiger partial charge in [0.2, 0.25) is 0 Å². The van der Waals surface area contributed by atoms with E-state index in [-0.39, 0.29) is 12.4 Å². The average molecular weight is 221 g/mol. The van der Waals surface area contributed by atoms with Gasteiger partial charge in [-0.3, -0.25) is 4.90 Å². The molecule has 86 valence electrons.